The van der Waals surface area contributed by atoms with Gasteiger partial charge in [0.1, 0.15) is 0 Å². The molecule has 2 N–H and O–H groups in total. The molecular weight excluding hydrogens is 192 g/mol. The van der Waals surface area contributed by atoms with Gasteiger partial charge in [-0.1, -0.05) is 18.9 Å². The van der Waals surface area contributed by atoms with Gasteiger partial charge in [0, 0.05) is 6.04 Å². The van der Waals surface area contributed by atoms with Gasteiger partial charge in [0.2, 0.25) is 5.89 Å². The fraction of sp³-hybridized carbons (Fsp3) is 0.800. The molecule has 0 aliphatic carbocycles. The Morgan fingerprint density at radius 3 is 2.47 bits per heavy atom. The van der Waals surface area contributed by atoms with E-state index in [2.05, 4.69) is 34.7 Å². The van der Waals surface area contributed by atoms with Crippen LogP contribution in [0.1, 0.15) is 45.5 Å². The summed E-state index contributed by atoms with van der Waals surface area (Å²) in [6, 6.07) is 1.01. The number of hydrogen-bond acceptors (Lipinski definition) is 5. The Morgan fingerprint density at radius 2 is 1.93 bits per heavy atom. The number of nitrogens with zero attached hydrogens (tertiary/aromatic N) is 2. The summed E-state index contributed by atoms with van der Waals surface area (Å²) in [4.78, 5) is 0. The van der Waals surface area contributed by atoms with Gasteiger partial charge in [-0.05, 0) is 26.8 Å². The molecule has 0 amide bonds. The zero-order valence-electron chi connectivity index (χ0n) is 9.87. The van der Waals surface area contributed by atoms with Crippen LogP contribution in [0.4, 0.5) is 6.01 Å². The van der Waals surface area contributed by atoms with Crippen molar-refractivity contribution in [1.82, 2.24) is 15.5 Å². The van der Waals surface area contributed by atoms with Gasteiger partial charge in [-0.3, -0.25) is 0 Å². The van der Waals surface area contributed by atoms with Crippen molar-refractivity contribution in [3.8, 4) is 0 Å². The van der Waals surface area contributed by atoms with Gasteiger partial charge < -0.3 is 15.1 Å². The summed E-state index contributed by atoms with van der Waals surface area (Å²) in [5, 5.41) is 14.2. The number of rotatable bonds is 6. The highest BCUT2D eigenvalue weighted by Crippen LogP contribution is 2.14. The number of nitrogens with one attached hydrogen (secondary N) is 2. The topological polar surface area (TPSA) is 63.0 Å². The maximum Gasteiger partial charge on any atom is 0.315 e. The maximum atomic E-state index is 5.47. The van der Waals surface area contributed by atoms with E-state index >= 15 is 0 Å². The van der Waals surface area contributed by atoms with E-state index in [1.54, 1.807) is 0 Å². The van der Waals surface area contributed by atoms with Gasteiger partial charge in [0.15, 0.2) is 0 Å². The van der Waals surface area contributed by atoms with Crippen molar-refractivity contribution >= 4 is 6.01 Å². The highest BCUT2D eigenvalue weighted by Gasteiger charge is 2.13. The van der Waals surface area contributed by atoms with Crippen LogP contribution in [0.2, 0.25) is 0 Å². The van der Waals surface area contributed by atoms with Crippen molar-refractivity contribution in [3.05, 3.63) is 5.89 Å². The largest absolute Gasteiger partial charge is 0.406 e. The third-order valence-corrected chi connectivity index (χ3v) is 2.56. The third-order valence-electron chi connectivity index (χ3n) is 2.56. The Hall–Kier alpha value is -1.10. The summed E-state index contributed by atoms with van der Waals surface area (Å²) in [6.07, 6.45) is 2.10. The molecule has 0 aliphatic rings. The number of anilines is 1. The number of hydrogen-bond donors (Lipinski definition) is 2. The smallest absolute Gasteiger partial charge is 0.315 e. The Morgan fingerprint density at radius 1 is 1.27 bits per heavy atom. The van der Waals surface area contributed by atoms with E-state index in [0.29, 0.717) is 17.9 Å². The van der Waals surface area contributed by atoms with E-state index in [4.69, 9.17) is 4.42 Å². The van der Waals surface area contributed by atoms with Crippen LogP contribution in [0.25, 0.3) is 0 Å². The Labute approximate surface area is 90.7 Å². The minimum absolute atomic E-state index is 0.0924. The number of aromatic nitrogens is 2. The van der Waals surface area contributed by atoms with Crippen molar-refractivity contribution in [1.29, 1.82) is 0 Å². The van der Waals surface area contributed by atoms with Gasteiger partial charge in [0.25, 0.3) is 0 Å². The highest BCUT2D eigenvalue weighted by atomic mass is 16.4. The van der Waals surface area contributed by atoms with Crippen LogP contribution >= 0.6 is 0 Å². The van der Waals surface area contributed by atoms with E-state index in [0.717, 1.165) is 12.8 Å². The normalized spacial score (nSPS) is 13.1. The van der Waals surface area contributed by atoms with Crippen molar-refractivity contribution < 1.29 is 4.42 Å². The molecule has 0 radical (unpaired) electrons. The first kappa shape index (κ1) is 12.0. The minimum atomic E-state index is 0.0924. The molecule has 1 unspecified atom stereocenters. The lowest BCUT2D eigenvalue weighted by molar-refractivity contribution is 0.437. The molecule has 0 fully saturated rings. The minimum Gasteiger partial charge on any atom is -0.406 e. The SMILES string of the molecule is CCC(CC)Nc1nnc(C(C)NC)o1. The first-order valence-electron chi connectivity index (χ1n) is 5.48. The van der Waals surface area contributed by atoms with Crippen LogP contribution in [0.15, 0.2) is 4.42 Å². The molecule has 0 spiro atoms. The second-order valence-corrected chi connectivity index (χ2v) is 3.61. The molecule has 0 bridgehead atoms. The highest BCUT2D eigenvalue weighted by molar-refractivity contribution is 5.19. The van der Waals surface area contributed by atoms with Gasteiger partial charge in [-0.2, -0.15) is 0 Å². The third kappa shape index (κ3) is 3.20. The van der Waals surface area contributed by atoms with E-state index in [9.17, 15) is 0 Å². The van der Waals surface area contributed by atoms with Gasteiger partial charge in [0.05, 0.1) is 6.04 Å². The summed E-state index contributed by atoms with van der Waals surface area (Å²) >= 11 is 0. The molecule has 0 saturated heterocycles. The molecule has 5 nitrogen and oxygen atoms in total. The fourth-order valence-corrected chi connectivity index (χ4v) is 1.26. The molecule has 1 atom stereocenters. The average Bonchev–Trinajstić information content (AvgIpc) is 2.73. The van der Waals surface area contributed by atoms with Gasteiger partial charge in [-0.15, -0.1) is 5.10 Å². The molecule has 0 aromatic carbocycles. The molecule has 15 heavy (non-hydrogen) atoms. The summed E-state index contributed by atoms with van der Waals surface area (Å²) in [6.45, 7) is 6.25. The molecule has 1 aromatic rings. The van der Waals surface area contributed by atoms with Crippen molar-refractivity contribution in [2.24, 2.45) is 0 Å². The van der Waals surface area contributed by atoms with E-state index in [-0.39, 0.29) is 6.04 Å². The monoisotopic (exact) mass is 212 g/mol. The lowest BCUT2D eigenvalue weighted by Gasteiger charge is -2.11. The zero-order chi connectivity index (χ0) is 11.3. The molecular formula is C10H20N4O. The van der Waals surface area contributed by atoms with Gasteiger partial charge >= 0.3 is 6.01 Å². The van der Waals surface area contributed by atoms with Crippen LogP contribution in [-0.4, -0.2) is 23.3 Å². The van der Waals surface area contributed by atoms with E-state index in [1.807, 2.05) is 14.0 Å². The van der Waals surface area contributed by atoms with Crippen LogP contribution in [0.5, 0.6) is 0 Å². The van der Waals surface area contributed by atoms with E-state index < -0.39 is 0 Å². The average molecular weight is 212 g/mol. The van der Waals surface area contributed by atoms with Crippen molar-refractivity contribution in [2.75, 3.05) is 12.4 Å². The molecule has 1 aromatic heterocycles. The molecule has 0 saturated carbocycles. The van der Waals surface area contributed by atoms with Crippen LogP contribution in [0, 0.1) is 0 Å². The molecule has 86 valence electrons. The molecule has 1 heterocycles. The predicted molar refractivity (Wildman–Crippen MR) is 59.8 cm³/mol. The van der Waals surface area contributed by atoms with Gasteiger partial charge in [-0.25, -0.2) is 0 Å². The van der Waals surface area contributed by atoms with Crippen LogP contribution in [0.3, 0.4) is 0 Å². The zero-order valence-corrected chi connectivity index (χ0v) is 9.87. The lowest BCUT2D eigenvalue weighted by Crippen LogP contribution is -2.17. The Kier molecular flexibility index (Phi) is 4.55. The van der Waals surface area contributed by atoms with Crippen LogP contribution in [-0.2, 0) is 0 Å². The summed E-state index contributed by atoms with van der Waals surface area (Å²) in [5.41, 5.74) is 0. The Bertz CT molecular complexity index is 283. The molecule has 1 rings (SSSR count). The second kappa shape index (κ2) is 5.70. The maximum absolute atomic E-state index is 5.47. The summed E-state index contributed by atoms with van der Waals surface area (Å²) in [7, 11) is 1.86. The van der Waals surface area contributed by atoms with Crippen molar-refractivity contribution in [2.45, 2.75) is 45.7 Å². The Balaban J connectivity index is 2.59. The quantitative estimate of drug-likeness (QED) is 0.754. The first-order chi connectivity index (χ1) is 7.21. The first-order valence-corrected chi connectivity index (χ1v) is 5.48. The summed E-state index contributed by atoms with van der Waals surface area (Å²) in [5.74, 6) is 0.617. The second-order valence-electron chi connectivity index (χ2n) is 3.61. The predicted octanol–water partition coefficient (Wildman–Crippen LogP) is 1.95. The standard InChI is InChI=1S/C10H20N4O/c1-5-8(6-2)12-10-14-13-9(15-10)7(3)11-4/h7-8,11H,5-6H2,1-4H3,(H,12,14). The van der Waals surface area contributed by atoms with E-state index in [1.165, 1.54) is 0 Å². The summed E-state index contributed by atoms with van der Waals surface area (Å²) < 4.78 is 5.47. The van der Waals surface area contributed by atoms with Crippen LogP contribution < -0.4 is 10.6 Å². The fourth-order valence-electron chi connectivity index (χ4n) is 1.26. The van der Waals surface area contributed by atoms with Crippen molar-refractivity contribution in [3.63, 3.8) is 0 Å². The molecule has 0 aliphatic heterocycles. The lowest BCUT2D eigenvalue weighted by atomic mass is 10.2. The molecule has 5 heteroatoms.